The minimum atomic E-state index is -5.11. The Balaban J connectivity index is 2.31. The molecule has 7 nitrogen and oxygen atoms in total. The highest BCUT2D eigenvalue weighted by atomic mass is 32.2. The van der Waals surface area contributed by atoms with Crippen molar-refractivity contribution < 1.29 is 37.1 Å². The van der Waals surface area contributed by atoms with Crippen molar-refractivity contribution in [1.29, 1.82) is 0 Å². The summed E-state index contributed by atoms with van der Waals surface area (Å²) in [4.78, 5) is 48.6. The number of alkyl halides is 3. The van der Waals surface area contributed by atoms with Crippen molar-refractivity contribution in [2.75, 3.05) is 12.4 Å². The van der Waals surface area contributed by atoms with Crippen LogP contribution in [0.1, 0.15) is 27.7 Å². The summed E-state index contributed by atoms with van der Waals surface area (Å²) >= 11 is 1.09. The summed E-state index contributed by atoms with van der Waals surface area (Å²) in [6.07, 6.45) is -5.11. The van der Waals surface area contributed by atoms with Crippen molar-refractivity contribution >= 4 is 35.3 Å². The van der Waals surface area contributed by atoms with Crippen molar-refractivity contribution in [2.24, 2.45) is 5.41 Å². The molecule has 2 rings (SSSR count). The Kier molecular flexibility index (Phi) is 5.65. The Labute approximate surface area is 157 Å². The predicted molar refractivity (Wildman–Crippen MR) is 89.2 cm³/mol. The fourth-order valence-corrected chi connectivity index (χ4v) is 3.90. The van der Waals surface area contributed by atoms with E-state index in [-0.39, 0.29) is 18.1 Å². The summed E-state index contributed by atoms with van der Waals surface area (Å²) in [5, 5.41) is 0.846. The summed E-state index contributed by atoms with van der Waals surface area (Å²) in [5.74, 6) is -3.80. The van der Waals surface area contributed by atoms with Gasteiger partial charge in [0.05, 0.1) is 5.70 Å². The number of thioether (sulfide) groups is 1. The number of rotatable bonds is 4. The SMILES string of the molecule is CC(=O)OCC1=C(C(=O)C(C)(C)C)N2C(=O)[C@H](NC(=O)C(F)(F)F)[C@@H]2SC1. The number of esters is 1. The van der Waals surface area contributed by atoms with Gasteiger partial charge in [-0.15, -0.1) is 11.8 Å². The monoisotopic (exact) mass is 408 g/mol. The van der Waals surface area contributed by atoms with Gasteiger partial charge in [0, 0.05) is 23.7 Å². The number of fused-ring (bicyclic) bond motifs is 1. The number of ketones is 1. The van der Waals surface area contributed by atoms with Gasteiger partial charge in [0.2, 0.25) is 0 Å². The molecule has 0 bridgehead atoms. The van der Waals surface area contributed by atoms with Crippen molar-refractivity contribution in [1.82, 2.24) is 10.2 Å². The number of nitrogens with one attached hydrogen (secondary N) is 1. The van der Waals surface area contributed by atoms with E-state index in [0.29, 0.717) is 5.57 Å². The molecule has 0 aromatic rings. The lowest BCUT2D eigenvalue weighted by atomic mass is 9.85. The van der Waals surface area contributed by atoms with Gasteiger partial charge >= 0.3 is 18.1 Å². The molecule has 2 heterocycles. The van der Waals surface area contributed by atoms with Crippen LogP contribution in [-0.2, 0) is 23.9 Å². The number of carbonyl (C=O) groups is 4. The quantitative estimate of drug-likeness (QED) is 0.558. The second-order valence-electron chi connectivity index (χ2n) is 7.17. The molecular weight excluding hydrogens is 389 g/mol. The zero-order valence-electron chi connectivity index (χ0n) is 15.1. The third kappa shape index (κ3) is 4.28. The number of nitrogens with zero attached hydrogens (tertiary/aromatic N) is 1. The fraction of sp³-hybridized carbons (Fsp3) is 0.625. The van der Waals surface area contributed by atoms with E-state index in [4.69, 9.17) is 4.74 Å². The molecule has 2 aliphatic heterocycles. The summed E-state index contributed by atoms with van der Waals surface area (Å²) in [5.41, 5.74) is -0.445. The van der Waals surface area contributed by atoms with Crippen LogP contribution in [0.2, 0.25) is 0 Å². The van der Waals surface area contributed by atoms with Crippen molar-refractivity contribution in [2.45, 2.75) is 45.3 Å². The first kappa shape index (κ1) is 21.3. The molecule has 27 heavy (non-hydrogen) atoms. The summed E-state index contributed by atoms with van der Waals surface area (Å²) in [7, 11) is 0. The molecule has 2 amide bonds. The van der Waals surface area contributed by atoms with E-state index in [0.717, 1.165) is 16.7 Å². The highest BCUT2D eigenvalue weighted by Crippen LogP contribution is 2.42. The Morgan fingerprint density at radius 3 is 2.33 bits per heavy atom. The van der Waals surface area contributed by atoms with E-state index >= 15 is 0 Å². The Hall–Kier alpha value is -2.04. The summed E-state index contributed by atoms with van der Waals surface area (Å²) < 4.78 is 42.3. The highest BCUT2D eigenvalue weighted by Gasteiger charge is 2.56. The van der Waals surface area contributed by atoms with Gasteiger partial charge in [0.1, 0.15) is 18.0 Å². The van der Waals surface area contributed by atoms with Crippen LogP contribution in [0.5, 0.6) is 0 Å². The van der Waals surface area contributed by atoms with Gasteiger partial charge in [-0.1, -0.05) is 20.8 Å². The van der Waals surface area contributed by atoms with Crippen LogP contribution in [0.3, 0.4) is 0 Å². The molecule has 11 heteroatoms. The zero-order valence-corrected chi connectivity index (χ0v) is 15.9. The van der Waals surface area contributed by atoms with Gasteiger partial charge in [0.25, 0.3) is 5.91 Å². The normalized spacial score (nSPS) is 22.8. The van der Waals surface area contributed by atoms with Gasteiger partial charge in [0.15, 0.2) is 5.78 Å². The van der Waals surface area contributed by atoms with Crippen LogP contribution in [0.4, 0.5) is 13.2 Å². The molecule has 0 aromatic carbocycles. The second kappa shape index (κ2) is 7.17. The van der Waals surface area contributed by atoms with E-state index in [9.17, 15) is 32.3 Å². The predicted octanol–water partition coefficient (Wildman–Crippen LogP) is 1.38. The van der Waals surface area contributed by atoms with Gasteiger partial charge in [-0.25, -0.2) is 0 Å². The van der Waals surface area contributed by atoms with Crippen molar-refractivity contribution in [3.63, 3.8) is 0 Å². The molecule has 0 unspecified atom stereocenters. The highest BCUT2D eigenvalue weighted by molar-refractivity contribution is 8.00. The molecule has 1 N–H and O–H groups in total. The first-order valence-electron chi connectivity index (χ1n) is 7.97. The first-order valence-corrected chi connectivity index (χ1v) is 9.02. The van der Waals surface area contributed by atoms with Crippen LogP contribution in [0.25, 0.3) is 0 Å². The zero-order chi connectivity index (χ0) is 20.7. The number of halogens is 3. The lowest BCUT2D eigenvalue weighted by molar-refractivity contribution is -0.177. The molecule has 0 aliphatic carbocycles. The maximum atomic E-state index is 12.8. The third-order valence-electron chi connectivity index (χ3n) is 3.94. The van der Waals surface area contributed by atoms with Crippen LogP contribution in [-0.4, -0.2) is 58.4 Å². The molecular formula is C16H19F3N2O5S. The Morgan fingerprint density at radius 1 is 1.26 bits per heavy atom. The fourth-order valence-electron chi connectivity index (χ4n) is 2.58. The topological polar surface area (TPSA) is 92.8 Å². The standard InChI is InChI=1S/C16H19F3N2O5S/c1-7(22)26-5-8-6-27-13-9(20-14(25)16(17,18)19)12(24)21(13)10(8)11(23)15(2,3)4/h9,13H,5-6H2,1-4H3,(H,20,25)/t9-,13-/m0/s1. The summed E-state index contributed by atoms with van der Waals surface area (Å²) in [6.45, 7) is 5.90. The number of allylic oxidation sites excluding steroid dienone is 1. The number of hydrogen-bond acceptors (Lipinski definition) is 6. The van der Waals surface area contributed by atoms with Crippen molar-refractivity contribution in [3.8, 4) is 0 Å². The molecule has 0 spiro atoms. The Morgan fingerprint density at radius 2 is 1.85 bits per heavy atom. The van der Waals surface area contributed by atoms with Gasteiger partial charge in [-0.05, 0) is 0 Å². The Bertz CT molecular complexity index is 727. The number of hydrogen-bond donors (Lipinski definition) is 1. The lowest BCUT2D eigenvalue weighted by Crippen LogP contribution is -2.71. The van der Waals surface area contributed by atoms with E-state index in [1.54, 1.807) is 26.1 Å². The molecule has 0 radical (unpaired) electrons. The molecule has 1 fully saturated rings. The number of Topliss-reactive ketones (excluding diaryl/α,β-unsaturated/α-hetero) is 1. The molecule has 1 saturated heterocycles. The number of amides is 2. The van der Waals surface area contributed by atoms with E-state index in [1.807, 2.05) is 0 Å². The van der Waals surface area contributed by atoms with Crippen LogP contribution >= 0.6 is 11.8 Å². The van der Waals surface area contributed by atoms with Gasteiger partial charge < -0.3 is 10.1 Å². The largest absolute Gasteiger partial charge is 0.471 e. The average Bonchev–Trinajstić information content (AvgIpc) is 2.53. The molecule has 150 valence electrons. The van der Waals surface area contributed by atoms with Gasteiger partial charge in [-0.3, -0.25) is 24.1 Å². The number of ether oxygens (including phenoxy) is 1. The van der Waals surface area contributed by atoms with Crippen molar-refractivity contribution in [3.05, 3.63) is 11.3 Å². The maximum Gasteiger partial charge on any atom is 0.471 e. The molecule has 2 atom stereocenters. The third-order valence-corrected chi connectivity index (χ3v) is 5.28. The van der Waals surface area contributed by atoms with Gasteiger partial charge in [-0.2, -0.15) is 13.2 Å². The smallest absolute Gasteiger partial charge is 0.461 e. The second-order valence-corrected chi connectivity index (χ2v) is 8.28. The average molecular weight is 408 g/mol. The maximum absolute atomic E-state index is 12.8. The summed E-state index contributed by atoms with van der Waals surface area (Å²) in [6, 6.07) is -1.37. The number of carbonyl (C=O) groups excluding carboxylic acids is 4. The van der Waals surface area contributed by atoms with Crippen LogP contribution in [0, 0.1) is 5.41 Å². The van der Waals surface area contributed by atoms with E-state index < -0.39 is 46.6 Å². The lowest BCUT2D eigenvalue weighted by Gasteiger charge is -2.50. The van der Waals surface area contributed by atoms with E-state index in [1.165, 1.54) is 6.92 Å². The minimum absolute atomic E-state index is 0.0232. The molecule has 0 saturated carbocycles. The van der Waals surface area contributed by atoms with E-state index in [2.05, 4.69) is 0 Å². The molecule has 2 aliphatic rings. The number of β-lactam (4-membered cyclic amide) rings is 1. The first-order chi connectivity index (χ1) is 12.2. The molecule has 0 aromatic heterocycles. The van der Waals surface area contributed by atoms with Crippen LogP contribution < -0.4 is 5.32 Å². The van der Waals surface area contributed by atoms with Crippen LogP contribution in [0.15, 0.2) is 11.3 Å². The minimum Gasteiger partial charge on any atom is -0.461 e.